The van der Waals surface area contributed by atoms with Crippen molar-refractivity contribution in [3.63, 3.8) is 0 Å². The molecule has 0 spiro atoms. The SMILES string of the molecule is CCN1CCN(c2nncc(NC3CC3)n2)CC1. The predicted octanol–water partition coefficient (Wildman–Crippen LogP) is 0.588. The maximum Gasteiger partial charge on any atom is 0.247 e. The van der Waals surface area contributed by atoms with Gasteiger partial charge in [0.1, 0.15) is 0 Å². The van der Waals surface area contributed by atoms with Crippen LogP contribution in [0, 0.1) is 0 Å². The van der Waals surface area contributed by atoms with E-state index in [1.807, 2.05) is 0 Å². The second kappa shape index (κ2) is 5.06. The molecule has 1 saturated carbocycles. The normalized spacial score (nSPS) is 21.1. The first-order valence-electron chi connectivity index (χ1n) is 6.78. The lowest BCUT2D eigenvalue weighted by atomic mass is 10.3. The Kier molecular flexibility index (Phi) is 3.27. The molecule has 3 rings (SSSR count). The van der Waals surface area contributed by atoms with Crippen molar-refractivity contribution in [3.8, 4) is 0 Å². The Hall–Kier alpha value is -1.43. The predicted molar refractivity (Wildman–Crippen MR) is 70.8 cm³/mol. The lowest BCUT2D eigenvalue weighted by Crippen LogP contribution is -2.46. The number of likely N-dealkylation sites (N-methyl/N-ethyl adjacent to an activating group) is 1. The Balaban J connectivity index is 1.64. The molecule has 6 nitrogen and oxygen atoms in total. The van der Waals surface area contributed by atoms with Crippen molar-refractivity contribution >= 4 is 11.8 Å². The van der Waals surface area contributed by atoms with Crippen LogP contribution in [-0.4, -0.2) is 58.8 Å². The fourth-order valence-electron chi connectivity index (χ4n) is 2.20. The van der Waals surface area contributed by atoms with Gasteiger partial charge >= 0.3 is 0 Å². The number of hydrogen-bond donors (Lipinski definition) is 1. The average Bonchev–Trinajstić information content (AvgIpc) is 3.23. The van der Waals surface area contributed by atoms with Crippen LogP contribution in [0.25, 0.3) is 0 Å². The molecule has 18 heavy (non-hydrogen) atoms. The summed E-state index contributed by atoms with van der Waals surface area (Å²) in [4.78, 5) is 9.21. The van der Waals surface area contributed by atoms with Crippen LogP contribution in [0.2, 0.25) is 0 Å². The zero-order valence-electron chi connectivity index (χ0n) is 10.8. The van der Waals surface area contributed by atoms with E-state index in [2.05, 4.69) is 37.2 Å². The van der Waals surface area contributed by atoms with Crippen LogP contribution in [0.1, 0.15) is 19.8 Å². The van der Waals surface area contributed by atoms with Crippen molar-refractivity contribution in [2.24, 2.45) is 0 Å². The highest BCUT2D eigenvalue weighted by Gasteiger charge is 2.23. The fourth-order valence-corrected chi connectivity index (χ4v) is 2.20. The summed E-state index contributed by atoms with van der Waals surface area (Å²) in [5, 5.41) is 11.6. The van der Waals surface area contributed by atoms with E-state index in [0.29, 0.717) is 6.04 Å². The number of rotatable bonds is 4. The van der Waals surface area contributed by atoms with Crippen molar-refractivity contribution in [1.82, 2.24) is 20.1 Å². The van der Waals surface area contributed by atoms with Gasteiger partial charge < -0.3 is 15.1 Å². The van der Waals surface area contributed by atoms with Crippen LogP contribution in [0.15, 0.2) is 6.20 Å². The molecule has 98 valence electrons. The Bertz CT molecular complexity index is 397. The quantitative estimate of drug-likeness (QED) is 0.841. The van der Waals surface area contributed by atoms with E-state index < -0.39 is 0 Å². The molecule has 2 aliphatic rings. The van der Waals surface area contributed by atoms with Crippen molar-refractivity contribution in [2.75, 3.05) is 42.9 Å². The molecule has 6 heteroatoms. The second-order valence-electron chi connectivity index (χ2n) is 4.98. The largest absolute Gasteiger partial charge is 0.366 e. The zero-order valence-corrected chi connectivity index (χ0v) is 10.8. The second-order valence-corrected chi connectivity index (χ2v) is 4.98. The molecule has 1 aliphatic carbocycles. The minimum absolute atomic E-state index is 0.603. The summed E-state index contributed by atoms with van der Waals surface area (Å²) >= 11 is 0. The number of anilines is 2. The minimum Gasteiger partial charge on any atom is -0.366 e. The van der Waals surface area contributed by atoms with E-state index in [1.165, 1.54) is 12.8 Å². The molecule has 2 heterocycles. The van der Waals surface area contributed by atoms with Gasteiger partial charge in [0.15, 0.2) is 5.82 Å². The first-order chi connectivity index (χ1) is 8.85. The first-order valence-corrected chi connectivity index (χ1v) is 6.78. The van der Waals surface area contributed by atoms with Crippen LogP contribution in [0.3, 0.4) is 0 Å². The maximum absolute atomic E-state index is 4.55. The van der Waals surface area contributed by atoms with Gasteiger partial charge in [0.25, 0.3) is 0 Å². The van der Waals surface area contributed by atoms with Gasteiger partial charge in [0.2, 0.25) is 5.95 Å². The van der Waals surface area contributed by atoms with Gasteiger partial charge in [-0.25, -0.2) is 0 Å². The summed E-state index contributed by atoms with van der Waals surface area (Å²) in [6.07, 6.45) is 4.20. The van der Waals surface area contributed by atoms with Crippen molar-refractivity contribution in [3.05, 3.63) is 6.20 Å². The summed E-state index contributed by atoms with van der Waals surface area (Å²) in [6.45, 7) is 7.47. The van der Waals surface area contributed by atoms with Crippen LogP contribution < -0.4 is 10.2 Å². The van der Waals surface area contributed by atoms with Crippen LogP contribution in [-0.2, 0) is 0 Å². The maximum atomic E-state index is 4.55. The van der Waals surface area contributed by atoms with Crippen LogP contribution in [0.5, 0.6) is 0 Å². The molecule has 0 atom stereocenters. The molecule has 1 N–H and O–H groups in total. The van der Waals surface area contributed by atoms with E-state index >= 15 is 0 Å². The van der Waals surface area contributed by atoms with Gasteiger partial charge in [-0.2, -0.15) is 10.1 Å². The van der Waals surface area contributed by atoms with Crippen molar-refractivity contribution in [2.45, 2.75) is 25.8 Å². The van der Waals surface area contributed by atoms with E-state index in [1.54, 1.807) is 6.20 Å². The first kappa shape index (κ1) is 11.6. The van der Waals surface area contributed by atoms with Gasteiger partial charge in [-0.05, 0) is 19.4 Å². The average molecular weight is 248 g/mol. The van der Waals surface area contributed by atoms with E-state index in [-0.39, 0.29) is 0 Å². The Morgan fingerprint density at radius 2 is 2.06 bits per heavy atom. The van der Waals surface area contributed by atoms with Gasteiger partial charge in [-0.15, -0.1) is 5.10 Å². The molecule has 1 aliphatic heterocycles. The Morgan fingerprint density at radius 3 is 2.72 bits per heavy atom. The summed E-state index contributed by atoms with van der Waals surface area (Å²) < 4.78 is 0. The lowest BCUT2D eigenvalue weighted by molar-refractivity contribution is 0.269. The summed E-state index contributed by atoms with van der Waals surface area (Å²) in [6, 6.07) is 0.603. The Morgan fingerprint density at radius 1 is 1.28 bits per heavy atom. The molecule has 0 unspecified atom stereocenters. The third-order valence-electron chi connectivity index (χ3n) is 3.58. The smallest absolute Gasteiger partial charge is 0.247 e. The molecule has 1 aromatic rings. The topological polar surface area (TPSA) is 57.2 Å². The highest BCUT2D eigenvalue weighted by atomic mass is 15.4. The monoisotopic (exact) mass is 248 g/mol. The molecule has 1 saturated heterocycles. The minimum atomic E-state index is 0.603. The Labute approximate surface area is 107 Å². The zero-order chi connectivity index (χ0) is 12.4. The highest BCUT2D eigenvalue weighted by molar-refractivity contribution is 5.40. The van der Waals surface area contributed by atoms with Gasteiger partial charge in [0.05, 0.1) is 6.20 Å². The summed E-state index contributed by atoms with van der Waals surface area (Å²) in [7, 11) is 0. The molecule has 0 amide bonds. The van der Waals surface area contributed by atoms with Gasteiger partial charge in [-0.1, -0.05) is 6.92 Å². The summed E-state index contributed by atoms with van der Waals surface area (Å²) in [5.41, 5.74) is 0. The molecule has 0 aromatic carbocycles. The number of aromatic nitrogens is 3. The van der Waals surface area contributed by atoms with Gasteiger partial charge in [0, 0.05) is 32.2 Å². The number of nitrogens with zero attached hydrogens (tertiary/aromatic N) is 5. The third kappa shape index (κ3) is 2.69. The molecule has 1 aromatic heterocycles. The van der Waals surface area contributed by atoms with E-state index in [4.69, 9.17) is 0 Å². The third-order valence-corrected chi connectivity index (χ3v) is 3.58. The standard InChI is InChI=1S/C12H20N6/c1-2-17-5-7-18(8-6-17)12-15-11(9-13-16-12)14-10-3-4-10/h9-10H,2-8H2,1H3,(H,14,15,16). The molecular weight excluding hydrogens is 228 g/mol. The molecule has 0 bridgehead atoms. The van der Waals surface area contributed by atoms with E-state index in [0.717, 1.165) is 44.5 Å². The highest BCUT2D eigenvalue weighted by Crippen LogP contribution is 2.23. The fraction of sp³-hybridized carbons (Fsp3) is 0.750. The lowest BCUT2D eigenvalue weighted by Gasteiger charge is -2.33. The van der Waals surface area contributed by atoms with Crippen molar-refractivity contribution < 1.29 is 0 Å². The van der Waals surface area contributed by atoms with Crippen LogP contribution in [0.4, 0.5) is 11.8 Å². The number of nitrogens with one attached hydrogen (secondary N) is 1. The number of piperazine rings is 1. The molecular formula is C12H20N6. The van der Waals surface area contributed by atoms with Gasteiger partial charge in [-0.3, -0.25) is 0 Å². The molecule has 0 radical (unpaired) electrons. The summed E-state index contributed by atoms with van der Waals surface area (Å²) in [5.74, 6) is 1.62. The van der Waals surface area contributed by atoms with Crippen LogP contribution >= 0.6 is 0 Å². The van der Waals surface area contributed by atoms with Crippen molar-refractivity contribution in [1.29, 1.82) is 0 Å². The molecule has 2 fully saturated rings. The number of hydrogen-bond acceptors (Lipinski definition) is 6. The van der Waals surface area contributed by atoms with E-state index in [9.17, 15) is 0 Å².